The maximum atomic E-state index is 12.3. The zero-order chi connectivity index (χ0) is 27.3. The van der Waals surface area contributed by atoms with Gasteiger partial charge in [-0.1, -0.05) is 14.4 Å². The molecular formula is C23H43N3O11. The fourth-order valence-corrected chi connectivity index (χ4v) is 3.19. The van der Waals surface area contributed by atoms with Crippen molar-refractivity contribution in [2.75, 3.05) is 85.3 Å². The van der Waals surface area contributed by atoms with E-state index in [-0.39, 0.29) is 52.4 Å². The van der Waals surface area contributed by atoms with Crippen molar-refractivity contribution >= 4 is 29.7 Å². The van der Waals surface area contributed by atoms with Gasteiger partial charge in [0, 0.05) is 45.8 Å². The number of aliphatic carboxylic acids is 4. The second-order valence-electron chi connectivity index (χ2n) is 8.14. The van der Waals surface area contributed by atoms with Crippen molar-refractivity contribution in [2.45, 2.75) is 33.6 Å². The smallest absolute Gasteiger partial charge is 0.317 e. The van der Waals surface area contributed by atoms with Crippen LogP contribution in [0.25, 0.3) is 0 Å². The lowest BCUT2D eigenvalue weighted by molar-refractivity contribution is -0.143. The van der Waals surface area contributed by atoms with E-state index in [1.807, 2.05) is 6.92 Å². The Kier molecular flexibility index (Phi) is 22.2. The number of Topliss-reactive ketones (excluding diaryl/α,β-unsaturated/α-hetero) is 1. The van der Waals surface area contributed by atoms with Crippen molar-refractivity contribution in [1.82, 2.24) is 14.7 Å². The molecule has 0 aromatic rings. The molecule has 0 fully saturated rings. The van der Waals surface area contributed by atoms with Crippen LogP contribution in [0.5, 0.6) is 0 Å². The quantitative estimate of drug-likeness (QED) is 0.110. The van der Waals surface area contributed by atoms with Crippen LogP contribution in [0.4, 0.5) is 0 Å². The SMILES string of the molecule is C.CCCOCCOCCCC(=O)CN(CCN(CCN(CC(=O)O)CC(=O)O)CC(=O)O)CC(=O)O. The number of carboxylic acid groups (broad SMARTS) is 4. The van der Waals surface area contributed by atoms with Gasteiger partial charge in [0.1, 0.15) is 5.78 Å². The molecule has 4 N–H and O–H groups in total. The highest BCUT2D eigenvalue weighted by Gasteiger charge is 2.19. The molecule has 0 radical (unpaired) electrons. The second kappa shape index (κ2) is 22.5. The minimum atomic E-state index is -1.22. The summed E-state index contributed by atoms with van der Waals surface area (Å²) in [7, 11) is 0. The molecule has 0 aliphatic carbocycles. The average molecular weight is 538 g/mol. The molecule has 0 amide bonds. The van der Waals surface area contributed by atoms with Crippen LogP contribution in [0.3, 0.4) is 0 Å². The monoisotopic (exact) mass is 537 g/mol. The van der Waals surface area contributed by atoms with E-state index in [0.29, 0.717) is 32.8 Å². The van der Waals surface area contributed by atoms with Gasteiger partial charge in [-0.15, -0.1) is 0 Å². The highest BCUT2D eigenvalue weighted by Crippen LogP contribution is 2.00. The fraction of sp³-hybridized carbons (Fsp3) is 0.783. The lowest BCUT2D eigenvalue weighted by Crippen LogP contribution is -2.45. The number of rotatable bonds is 25. The van der Waals surface area contributed by atoms with Crippen molar-refractivity contribution in [3.8, 4) is 0 Å². The van der Waals surface area contributed by atoms with Gasteiger partial charge in [0.25, 0.3) is 0 Å². The van der Waals surface area contributed by atoms with Gasteiger partial charge in [-0.05, 0) is 12.8 Å². The summed E-state index contributed by atoms with van der Waals surface area (Å²) in [6.07, 6.45) is 1.59. The average Bonchev–Trinajstić information content (AvgIpc) is 2.75. The molecule has 0 aliphatic heterocycles. The molecule has 14 heteroatoms. The first-order valence-electron chi connectivity index (χ1n) is 11.7. The van der Waals surface area contributed by atoms with Gasteiger partial charge >= 0.3 is 23.9 Å². The van der Waals surface area contributed by atoms with E-state index in [1.165, 1.54) is 9.80 Å². The minimum absolute atomic E-state index is 0. The van der Waals surface area contributed by atoms with Gasteiger partial charge in [-0.25, -0.2) is 0 Å². The van der Waals surface area contributed by atoms with Crippen molar-refractivity contribution in [3.05, 3.63) is 0 Å². The summed E-state index contributed by atoms with van der Waals surface area (Å²) >= 11 is 0. The summed E-state index contributed by atoms with van der Waals surface area (Å²) in [5, 5.41) is 36.2. The van der Waals surface area contributed by atoms with Crippen LogP contribution in [0.1, 0.15) is 33.6 Å². The lowest BCUT2D eigenvalue weighted by Gasteiger charge is -2.27. The van der Waals surface area contributed by atoms with Crippen LogP contribution < -0.4 is 0 Å². The summed E-state index contributed by atoms with van der Waals surface area (Å²) in [6, 6.07) is 0. The van der Waals surface area contributed by atoms with Crippen LogP contribution in [-0.4, -0.2) is 150 Å². The van der Waals surface area contributed by atoms with Gasteiger partial charge in [0.05, 0.1) is 45.9 Å². The van der Waals surface area contributed by atoms with Gasteiger partial charge in [-0.3, -0.25) is 38.7 Å². The number of carboxylic acids is 4. The molecule has 0 atom stereocenters. The summed E-state index contributed by atoms with van der Waals surface area (Å²) in [4.78, 5) is 60.7. The van der Waals surface area contributed by atoms with E-state index in [1.54, 1.807) is 0 Å². The second-order valence-corrected chi connectivity index (χ2v) is 8.14. The maximum Gasteiger partial charge on any atom is 0.317 e. The topological polar surface area (TPSA) is 194 Å². The molecule has 37 heavy (non-hydrogen) atoms. The number of hydrogen-bond donors (Lipinski definition) is 4. The molecule has 0 aromatic carbocycles. The zero-order valence-electron chi connectivity index (χ0n) is 20.8. The first-order chi connectivity index (χ1) is 17.0. The molecule has 14 nitrogen and oxygen atoms in total. The van der Waals surface area contributed by atoms with Crippen LogP contribution in [0.15, 0.2) is 0 Å². The molecule has 0 heterocycles. The molecule has 0 spiro atoms. The molecule has 0 unspecified atom stereocenters. The standard InChI is InChI=1S/C22H39N3O11.CH4/c1-2-9-35-11-12-36-10-3-4-18(26)13-24(15-20(29)30)7-5-23(14-19(27)28)6-8-25(16-21(31)32)17-22(33)34;/h2-17H2,1H3,(H,27,28)(H,29,30)(H,31,32)(H,33,34);1H4. The number of ketones is 1. The maximum absolute atomic E-state index is 12.3. The van der Waals surface area contributed by atoms with Crippen molar-refractivity contribution in [3.63, 3.8) is 0 Å². The Labute approximate surface area is 217 Å². The molecule has 0 aromatic heterocycles. The Morgan fingerprint density at radius 1 is 0.568 bits per heavy atom. The van der Waals surface area contributed by atoms with Gasteiger partial charge in [0.15, 0.2) is 0 Å². The highest BCUT2D eigenvalue weighted by molar-refractivity contribution is 5.81. The third-order valence-electron chi connectivity index (χ3n) is 4.77. The summed E-state index contributed by atoms with van der Waals surface area (Å²) in [5.74, 6) is -4.91. The Balaban J connectivity index is 0. The predicted octanol–water partition coefficient (Wildman–Crippen LogP) is -0.341. The first-order valence-corrected chi connectivity index (χ1v) is 11.7. The highest BCUT2D eigenvalue weighted by atomic mass is 16.5. The first kappa shape index (κ1) is 36.5. The van der Waals surface area contributed by atoms with Gasteiger partial charge < -0.3 is 29.9 Å². The van der Waals surface area contributed by atoms with E-state index in [4.69, 9.17) is 19.7 Å². The van der Waals surface area contributed by atoms with E-state index in [9.17, 15) is 34.2 Å². The Bertz CT molecular complexity index is 675. The van der Waals surface area contributed by atoms with Crippen LogP contribution in [0, 0.1) is 0 Å². The van der Waals surface area contributed by atoms with E-state index in [0.717, 1.165) is 11.3 Å². The third-order valence-corrected chi connectivity index (χ3v) is 4.77. The number of nitrogens with zero attached hydrogens (tertiary/aromatic N) is 3. The Hall–Kier alpha value is -2.65. The molecule has 0 bridgehead atoms. The molecule has 0 saturated carbocycles. The molecule has 216 valence electrons. The predicted molar refractivity (Wildman–Crippen MR) is 133 cm³/mol. The number of carbonyl (C=O) groups is 5. The van der Waals surface area contributed by atoms with Gasteiger partial charge in [-0.2, -0.15) is 0 Å². The fourth-order valence-electron chi connectivity index (χ4n) is 3.19. The number of carbonyl (C=O) groups excluding carboxylic acids is 1. The number of ether oxygens (including phenoxy) is 2. The summed E-state index contributed by atoms with van der Waals surface area (Å²) in [5.41, 5.74) is 0. The normalized spacial score (nSPS) is 11.0. The molecule has 0 aliphatic rings. The molecule has 0 saturated heterocycles. The van der Waals surface area contributed by atoms with E-state index in [2.05, 4.69) is 0 Å². The minimum Gasteiger partial charge on any atom is -0.480 e. The van der Waals surface area contributed by atoms with E-state index < -0.39 is 50.1 Å². The molecule has 0 rings (SSSR count). The van der Waals surface area contributed by atoms with Crippen LogP contribution >= 0.6 is 0 Å². The van der Waals surface area contributed by atoms with Crippen molar-refractivity contribution in [1.29, 1.82) is 0 Å². The lowest BCUT2D eigenvalue weighted by atomic mass is 10.2. The number of hydrogen-bond acceptors (Lipinski definition) is 10. The van der Waals surface area contributed by atoms with Crippen molar-refractivity contribution in [2.24, 2.45) is 0 Å². The van der Waals surface area contributed by atoms with Gasteiger partial charge in [0.2, 0.25) is 0 Å². The van der Waals surface area contributed by atoms with Crippen molar-refractivity contribution < 1.29 is 53.9 Å². The Morgan fingerprint density at radius 3 is 1.38 bits per heavy atom. The van der Waals surface area contributed by atoms with E-state index >= 15 is 0 Å². The van der Waals surface area contributed by atoms with Crippen LogP contribution in [-0.2, 0) is 33.4 Å². The summed E-state index contributed by atoms with van der Waals surface area (Å²) in [6.45, 7) is 2.11. The third kappa shape index (κ3) is 23.5. The zero-order valence-corrected chi connectivity index (χ0v) is 20.8. The largest absolute Gasteiger partial charge is 0.480 e. The summed E-state index contributed by atoms with van der Waals surface area (Å²) < 4.78 is 10.7. The molecular weight excluding hydrogens is 494 g/mol. The van der Waals surface area contributed by atoms with Crippen LogP contribution in [0.2, 0.25) is 0 Å². The Morgan fingerprint density at radius 2 is 0.946 bits per heavy atom.